The van der Waals surface area contributed by atoms with Crippen molar-refractivity contribution in [3.63, 3.8) is 0 Å². The number of carboxylic acid groups (broad SMARTS) is 1. The van der Waals surface area contributed by atoms with Gasteiger partial charge in [0.2, 0.25) is 0 Å². The molecule has 136 valence electrons. The first-order valence-corrected chi connectivity index (χ1v) is 8.04. The molecule has 2 N–H and O–H groups in total. The van der Waals surface area contributed by atoms with Gasteiger partial charge in [0.1, 0.15) is 23.8 Å². The molecule has 0 unspecified atom stereocenters. The van der Waals surface area contributed by atoms with Gasteiger partial charge in [0.25, 0.3) is 5.91 Å². The van der Waals surface area contributed by atoms with Gasteiger partial charge in [0.15, 0.2) is 0 Å². The molecule has 0 bridgehead atoms. The quantitative estimate of drug-likeness (QED) is 0.703. The van der Waals surface area contributed by atoms with Gasteiger partial charge >= 0.3 is 5.97 Å². The number of aryl methyl sites for hydroxylation is 2. The lowest BCUT2D eigenvalue weighted by atomic mass is 10.1. The predicted molar refractivity (Wildman–Crippen MR) is 91.5 cm³/mol. The molecule has 0 saturated carbocycles. The third kappa shape index (κ3) is 3.44. The van der Waals surface area contributed by atoms with Crippen molar-refractivity contribution in [3.8, 4) is 0 Å². The Morgan fingerprint density at radius 3 is 2.88 bits per heavy atom. The van der Waals surface area contributed by atoms with Crippen molar-refractivity contribution >= 4 is 22.9 Å². The summed E-state index contributed by atoms with van der Waals surface area (Å²) < 4.78 is 20.3. The first kappa shape index (κ1) is 17.7. The number of imidazole rings is 1. The molecule has 8 heteroatoms. The smallest absolute Gasteiger partial charge is 0.311 e. The molecule has 0 aliphatic carbocycles. The summed E-state index contributed by atoms with van der Waals surface area (Å²) in [7, 11) is 1.79. The molecule has 2 aromatic heterocycles. The molecule has 2 heterocycles. The molecule has 7 nitrogen and oxygen atoms in total. The van der Waals surface area contributed by atoms with Crippen molar-refractivity contribution in [2.75, 3.05) is 6.54 Å². The number of amides is 1. The number of carbonyl (C=O) groups excluding carboxylic acids is 1. The number of furan rings is 1. The fourth-order valence-electron chi connectivity index (χ4n) is 2.88. The molecule has 0 fully saturated rings. The summed E-state index contributed by atoms with van der Waals surface area (Å²) in [6, 6.07) is 4.38. The van der Waals surface area contributed by atoms with E-state index >= 15 is 0 Å². The van der Waals surface area contributed by atoms with Gasteiger partial charge in [0.05, 0.1) is 22.9 Å². The second-order valence-corrected chi connectivity index (χ2v) is 6.01. The maximum absolute atomic E-state index is 13.4. The minimum atomic E-state index is -1.07. The molecule has 0 saturated heterocycles. The molecule has 0 aliphatic heterocycles. The number of hydrogen-bond acceptors (Lipinski definition) is 4. The number of aromatic nitrogens is 2. The van der Waals surface area contributed by atoms with Crippen LogP contribution in [0.3, 0.4) is 0 Å². The van der Waals surface area contributed by atoms with E-state index in [1.807, 2.05) is 0 Å². The summed E-state index contributed by atoms with van der Waals surface area (Å²) >= 11 is 0. The summed E-state index contributed by atoms with van der Waals surface area (Å²) in [5.41, 5.74) is 2.20. The Morgan fingerprint density at radius 1 is 1.38 bits per heavy atom. The standard InChI is InChI=1S/C18H18FN3O4/c1-10-9-26-14(8-16(23)24)17(10)18(25)20-6-5-15-21-12-4-3-11(19)7-13(12)22(15)2/h3-4,7,9H,5-6,8H2,1-2H3,(H,20,25)(H,23,24). The van der Waals surface area contributed by atoms with Crippen molar-refractivity contribution in [2.24, 2.45) is 7.05 Å². The maximum atomic E-state index is 13.4. The average Bonchev–Trinajstić information content (AvgIpc) is 3.08. The molecule has 1 aromatic carbocycles. The minimum absolute atomic E-state index is 0.130. The van der Waals surface area contributed by atoms with Crippen LogP contribution in [0.2, 0.25) is 0 Å². The number of carbonyl (C=O) groups is 2. The predicted octanol–water partition coefficient (Wildman–Crippen LogP) is 2.21. The highest BCUT2D eigenvalue weighted by Gasteiger charge is 2.20. The number of benzene rings is 1. The van der Waals surface area contributed by atoms with Gasteiger partial charge < -0.3 is 19.4 Å². The van der Waals surface area contributed by atoms with Gasteiger partial charge in [-0.2, -0.15) is 0 Å². The number of nitrogens with one attached hydrogen (secondary N) is 1. The van der Waals surface area contributed by atoms with Crippen LogP contribution in [-0.4, -0.2) is 33.1 Å². The minimum Gasteiger partial charge on any atom is -0.481 e. The second-order valence-electron chi connectivity index (χ2n) is 6.01. The molecule has 0 radical (unpaired) electrons. The number of rotatable bonds is 6. The lowest BCUT2D eigenvalue weighted by molar-refractivity contribution is -0.136. The zero-order valence-corrected chi connectivity index (χ0v) is 14.4. The van der Waals surface area contributed by atoms with E-state index in [2.05, 4.69) is 10.3 Å². The van der Waals surface area contributed by atoms with Gasteiger partial charge in [-0.3, -0.25) is 9.59 Å². The van der Waals surface area contributed by atoms with Crippen LogP contribution in [0, 0.1) is 12.7 Å². The molecule has 0 atom stereocenters. The van der Waals surface area contributed by atoms with E-state index in [-0.39, 0.29) is 23.6 Å². The van der Waals surface area contributed by atoms with E-state index in [1.165, 1.54) is 18.4 Å². The number of aliphatic carboxylic acids is 1. The van der Waals surface area contributed by atoms with Crippen LogP contribution in [0.4, 0.5) is 4.39 Å². The number of fused-ring (bicyclic) bond motifs is 1. The molecule has 1 amide bonds. The van der Waals surface area contributed by atoms with E-state index in [9.17, 15) is 14.0 Å². The summed E-state index contributed by atoms with van der Waals surface area (Å²) in [6.45, 7) is 1.99. The van der Waals surface area contributed by atoms with Crippen molar-refractivity contribution in [3.05, 3.63) is 53.0 Å². The second kappa shape index (κ2) is 6.99. The highest BCUT2D eigenvalue weighted by Crippen LogP contribution is 2.18. The summed E-state index contributed by atoms with van der Waals surface area (Å²) in [5, 5.41) is 11.6. The Bertz CT molecular complexity index is 990. The van der Waals surface area contributed by atoms with Crippen molar-refractivity contribution in [1.29, 1.82) is 0 Å². The lowest BCUT2D eigenvalue weighted by Crippen LogP contribution is -2.27. The SMILES string of the molecule is Cc1coc(CC(=O)O)c1C(=O)NCCc1nc2ccc(F)cc2n1C. The Hall–Kier alpha value is -3.16. The third-order valence-electron chi connectivity index (χ3n) is 4.16. The number of nitrogens with zero attached hydrogens (tertiary/aromatic N) is 2. The van der Waals surface area contributed by atoms with E-state index < -0.39 is 11.9 Å². The molecule has 3 aromatic rings. The number of carboxylic acids is 1. The lowest BCUT2D eigenvalue weighted by Gasteiger charge is -2.06. The van der Waals surface area contributed by atoms with E-state index in [1.54, 1.807) is 24.6 Å². The van der Waals surface area contributed by atoms with Crippen LogP contribution in [0.1, 0.15) is 27.5 Å². The van der Waals surface area contributed by atoms with Gasteiger partial charge in [-0.1, -0.05) is 0 Å². The Morgan fingerprint density at radius 2 is 2.15 bits per heavy atom. The van der Waals surface area contributed by atoms with Crippen molar-refractivity contribution in [2.45, 2.75) is 19.8 Å². The van der Waals surface area contributed by atoms with Crippen LogP contribution < -0.4 is 5.32 Å². The average molecular weight is 359 g/mol. The van der Waals surface area contributed by atoms with Gasteiger partial charge in [-0.05, 0) is 25.1 Å². The summed E-state index contributed by atoms with van der Waals surface area (Å²) in [4.78, 5) is 27.7. The Balaban J connectivity index is 1.69. The first-order valence-electron chi connectivity index (χ1n) is 8.04. The summed E-state index contributed by atoms with van der Waals surface area (Å²) in [6.07, 6.45) is 1.46. The third-order valence-corrected chi connectivity index (χ3v) is 4.16. The monoisotopic (exact) mass is 359 g/mol. The maximum Gasteiger partial charge on any atom is 0.311 e. The van der Waals surface area contributed by atoms with Crippen LogP contribution in [-0.2, 0) is 24.7 Å². The van der Waals surface area contributed by atoms with E-state index in [0.717, 1.165) is 0 Å². The van der Waals surface area contributed by atoms with Gasteiger partial charge in [-0.25, -0.2) is 9.37 Å². The largest absolute Gasteiger partial charge is 0.481 e. The Kier molecular flexibility index (Phi) is 4.75. The number of halogens is 1. The van der Waals surface area contributed by atoms with Crippen LogP contribution in [0.25, 0.3) is 11.0 Å². The van der Waals surface area contributed by atoms with E-state index in [4.69, 9.17) is 9.52 Å². The number of hydrogen-bond donors (Lipinski definition) is 2. The fourth-order valence-corrected chi connectivity index (χ4v) is 2.88. The van der Waals surface area contributed by atoms with Crippen LogP contribution >= 0.6 is 0 Å². The molecule has 26 heavy (non-hydrogen) atoms. The normalized spacial score (nSPS) is 11.0. The zero-order valence-electron chi connectivity index (χ0n) is 14.4. The summed E-state index contributed by atoms with van der Waals surface area (Å²) in [5.74, 6) is -0.953. The highest BCUT2D eigenvalue weighted by atomic mass is 19.1. The van der Waals surface area contributed by atoms with Crippen LogP contribution in [0.5, 0.6) is 0 Å². The first-order chi connectivity index (χ1) is 12.4. The highest BCUT2D eigenvalue weighted by molar-refractivity contribution is 5.97. The topological polar surface area (TPSA) is 97.4 Å². The van der Waals surface area contributed by atoms with Crippen molar-refractivity contribution in [1.82, 2.24) is 14.9 Å². The molecule has 0 spiro atoms. The van der Waals surface area contributed by atoms with Gasteiger partial charge in [0, 0.05) is 25.6 Å². The van der Waals surface area contributed by atoms with Crippen molar-refractivity contribution < 1.29 is 23.5 Å². The molecular formula is C18H18FN3O4. The molecular weight excluding hydrogens is 341 g/mol. The molecule has 0 aliphatic rings. The Labute approximate surface area is 148 Å². The fraction of sp³-hybridized carbons (Fsp3) is 0.278. The zero-order chi connectivity index (χ0) is 18.8. The van der Waals surface area contributed by atoms with E-state index in [0.29, 0.717) is 35.4 Å². The van der Waals surface area contributed by atoms with Gasteiger partial charge in [-0.15, -0.1) is 0 Å². The molecule has 3 rings (SSSR count). The van der Waals surface area contributed by atoms with Crippen LogP contribution in [0.15, 0.2) is 28.9 Å².